The molecule has 19 heteroatoms. The van der Waals surface area contributed by atoms with Gasteiger partial charge in [0.2, 0.25) is 5.91 Å². The number of aliphatic hydroxyl groups is 11. The van der Waals surface area contributed by atoms with Gasteiger partial charge in [-0.05, 0) is 70.6 Å². The lowest BCUT2D eigenvalue weighted by atomic mass is 9.96. The number of carbonyl (C=O) groups is 1. The first-order valence-electron chi connectivity index (χ1n) is 38.0. The standard InChI is InChI=1S/C76H137NO18/c1-3-5-7-9-11-13-15-17-19-21-23-24-25-26-27-28-29-30-31-32-33-34-36-38-40-42-44-46-48-50-52-54-64(82)77-59(60(81)53-51-49-47-45-43-41-39-37-35-22-20-18-16-14-12-10-8-6-4-2)58-90-74-70(88)67(85)72(62(56-79)92-74)95-76-71(89)68(86)73(63(57-80)93-76)94-75-69(87)66(84)65(83)61(55-78)91-75/h15,17,21,23,25-26,43,45,51,53,59-63,65-76,78-81,83-89H,3-14,16,18-20,22,24,27-42,44,46-50,52,54-58H2,1-2H3,(H,77,82)/b17-15-,23-21-,26-25-,45-43+,53-51+. The fraction of sp³-hybridized carbons (Fsp3) is 0.855. The van der Waals surface area contributed by atoms with Gasteiger partial charge in [-0.15, -0.1) is 0 Å². The van der Waals surface area contributed by atoms with E-state index in [9.17, 15) is 61.0 Å². The molecule has 19 nitrogen and oxygen atoms in total. The minimum Gasteiger partial charge on any atom is -0.394 e. The average molecular weight is 1350 g/mol. The number of allylic oxidation sites excluding steroid dienone is 9. The Kier molecular flexibility index (Phi) is 52.2. The van der Waals surface area contributed by atoms with E-state index in [1.54, 1.807) is 6.08 Å². The first-order chi connectivity index (χ1) is 46.3. The van der Waals surface area contributed by atoms with Gasteiger partial charge in [0, 0.05) is 6.42 Å². The summed E-state index contributed by atoms with van der Waals surface area (Å²) in [4.78, 5) is 13.4. The molecule has 0 aliphatic carbocycles. The van der Waals surface area contributed by atoms with E-state index in [1.807, 2.05) is 6.08 Å². The molecule has 3 aliphatic rings. The number of amides is 1. The monoisotopic (exact) mass is 1350 g/mol. The summed E-state index contributed by atoms with van der Waals surface area (Å²) >= 11 is 0. The maximum atomic E-state index is 13.4. The molecule has 3 aliphatic heterocycles. The Hall–Kier alpha value is -2.51. The fourth-order valence-electron chi connectivity index (χ4n) is 12.6. The number of hydrogen-bond donors (Lipinski definition) is 12. The van der Waals surface area contributed by atoms with Gasteiger partial charge >= 0.3 is 0 Å². The lowest BCUT2D eigenvalue weighted by Gasteiger charge is -2.48. The van der Waals surface area contributed by atoms with Crippen LogP contribution in [0.25, 0.3) is 0 Å². The lowest BCUT2D eigenvalue weighted by Crippen LogP contribution is -2.66. The van der Waals surface area contributed by atoms with Gasteiger partial charge in [0.05, 0.1) is 38.6 Å². The fourth-order valence-corrected chi connectivity index (χ4v) is 12.6. The molecular formula is C76H137NO18. The van der Waals surface area contributed by atoms with Crippen LogP contribution in [0.4, 0.5) is 0 Å². The number of hydrogen-bond acceptors (Lipinski definition) is 18. The molecule has 3 saturated heterocycles. The van der Waals surface area contributed by atoms with E-state index in [-0.39, 0.29) is 18.9 Å². The number of ether oxygens (including phenoxy) is 6. The van der Waals surface area contributed by atoms with Crippen LogP contribution in [-0.2, 0) is 33.2 Å². The van der Waals surface area contributed by atoms with E-state index >= 15 is 0 Å². The summed E-state index contributed by atoms with van der Waals surface area (Å²) < 4.78 is 34.4. The lowest BCUT2D eigenvalue weighted by molar-refractivity contribution is -0.379. The molecule has 3 rings (SSSR count). The van der Waals surface area contributed by atoms with E-state index in [4.69, 9.17) is 28.4 Å². The Labute approximate surface area is 573 Å². The molecule has 17 unspecified atom stereocenters. The Morgan fingerprint density at radius 2 is 0.705 bits per heavy atom. The second-order valence-electron chi connectivity index (χ2n) is 27.1. The first-order valence-corrected chi connectivity index (χ1v) is 38.0. The van der Waals surface area contributed by atoms with Crippen molar-refractivity contribution in [3.63, 3.8) is 0 Å². The third kappa shape index (κ3) is 38.2. The van der Waals surface area contributed by atoms with Gasteiger partial charge in [-0.25, -0.2) is 0 Å². The van der Waals surface area contributed by atoms with Crippen LogP contribution < -0.4 is 5.32 Å². The number of unbranched alkanes of at least 4 members (excludes halogenated alkanes) is 35. The van der Waals surface area contributed by atoms with Gasteiger partial charge in [0.1, 0.15) is 73.2 Å². The van der Waals surface area contributed by atoms with Crippen molar-refractivity contribution in [2.24, 2.45) is 0 Å². The van der Waals surface area contributed by atoms with Gasteiger partial charge in [0.15, 0.2) is 18.9 Å². The Morgan fingerprint density at radius 3 is 1.13 bits per heavy atom. The highest BCUT2D eigenvalue weighted by Gasteiger charge is 2.53. The van der Waals surface area contributed by atoms with Crippen molar-refractivity contribution in [2.75, 3.05) is 26.4 Å². The van der Waals surface area contributed by atoms with Crippen LogP contribution in [-0.4, -0.2) is 193 Å². The van der Waals surface area contributed by atoms with Crippen molar-refractivity contribution >= 4 is 5.91 Å². The summed E-state index contributed by atoms with van der Waals surface area (Å²) in [6.07, 6.45) is 44.9. The molecule has 3 fully saturated rings. The topological polar surface area (TPSA) is 307 Å². The van der Waals surface area contributed by atoms with Crippen molar-refractivity contribution in [1.82, 2.24) is 5.32 Å². The van der Waals surface area contributed by atoms with Crippen LogP contribution in [0.5, 0.6) is 0 Å². The predicted octanol–water partition coefficient (Wildman–Crippen LogP) is 11.5. The van der Waals surface area contributed by atoms with Crippen LogP contribution in [0.1, 0.15) is 284 Å². The molecule has 0 radical (unpaired) electrons. The van der Waals surface area contributed by atoms with E-state index in [0.717, 1.165) is 51.4 Å². The molecule has 0 saturated carbocycles. The summed E-state index contributed by atoms with van der Waals surface area (Å²) in [6, 6.07) is -0.992. The second-order valence-corrected chi connectivity index (χ2v) is 27.1. The first kappa shape index (κ1) is 86.7. The molecule has 554 valence electrons. The normalized spacial score (nSPS) is 27.5. The summed E-state index contributed by atoms with van der Waals surface area (Å²) in [5.41, 5.74) is 0. The zero-order valence-corrected chi connectivity index (χ0v) is 58.9. The highest BCUT2D eigenvalue weighted by Crippen LogP contribution is 2.33. The zero-order chi connectivity index (χ0) is 68.9. The number of aliphatic hydroxyl groups excluding tert-OH is 11. The second kappa shape index (κ2) is 57.2. The number of rotatable bonds is 59. The molecule has 12 N–H and O–H groups in total. The maximum Gasteiger partial charge on any atom is 0.220 e. The van der Waals surface area contributed by atoms with Crippen molar-refractivity contribution in [1.29, 1.82) is 0 Å². The molecular weight excluding hydrogens is 1210 g/mol. The molecule has 1 amide bonds. The van der Waals surface area contributed by atoms with Gasteiger partial charge in [-0.2, -0.15) is 0 Å². The number of carbonyl (C=O) groups excluding carboxylic acids is 1. The molecule has 0 aromatic carbocycles. The predicted molar refractivity (Wildman–Crippen MR) is 374 cm³/mol. The Balaban J connectivity index is 1.39. The summed E-state index contributed by atoms with van der Waals surface area (Å²) in [6.45, 7) is 1.73. The highest BCUT2D eigenvalue weighted by atomic mass is 16.8. The van der Waals surface area contributed by atoms with Crippen LogP contribution in [0.2, 0.25) is 0 Å². The zero-order valence-electron chi connectivity index (χ0n) is 58.9. The van der Waals surface area contributed by atoms with Gasteiger partial charge < -0.3 is 89.9 Å². The molecule has 0 aromatic heterocycles. The van der Waals surface area contributed by atoms with Crippen molar-refractivity contribution in [2.45, 2.75) is 388 Å². The molecule has 0 aromatic rings. The minimum atomic E-state index is -1.98. The van der Waals surface area contributed by atoms with Crippen LogP contribution in [0, 0.1) is 0 Å². The smallest absolute Gasteiger partial charge is 0.220 e. The van der Waals surface area contributed by atoms with Gasteiger partial charge in [-0.1, -0.05) is 267 Å². The summed E-state index contributed by atoms with van der Waals surface area (Å²) in [5.74, 6) is -0.284. The van der Waals surface area contributed by atoms with Crippen molar-refractivity contribution in [3.8, 4) is 0 Å². The van der Waals surface area contributed by atoms with Crippen LogP contribution in [0.3, 0.4) is 0 Å². The van der Waals surface area contributed by atoms with Crippen LogP contribution in [0.15, 0.2) is 60.8 Å². The third-order valence-electron chi connectivity index (χ3n) is 18.8. The highest BCUT2D eigenvalue weighted by molar-refractivity contribution is 5.76. The quantitative estimate of drug-likeness (QED) is 0.0199. The van der Waals surface area contributed by atoms with E-state index in [2.05, 4.69) is 67.8 Å². The third-order valence-corrected chi connectivity index (χ3v) is 18.8. The maximum absolute atomic E-state index is 13.4. The summed E-state index contributed by atoms with van der Waals surface area (Å²) in [7, 11) is 0. The largest absolute Gasteiger partial charge is 0.394 e. The van der Waals surface area contributed by atoms with Gasteiger partial charge in [0.25, 0.3) is 0 Å². The van der Waals surface area contributed by atoms with Crippen LogP contribution >= 0.6 is 0 Å². The molecule has 0 bridgehead atoms. The molecule has 17 atom stereocenters. The van der Waals surface area contributed by atoms with E-state index in [1.165, 1.54) is 199 Å². The minimum absolute atomic E-state index is 0.235. The molecule has 95 heavy (non-hydrogen) atoms. The molecule has 0 spiro atoms. The van der Waals surface area contributed by atoms with Crippen molar-refractivity contribution in [3.05, 3.63) is 60.8 Å². The van der Waals surface area contributed by atoms with Gasteiger partial charge in [-0.3, -0.25) is 4.79 Å². The Morgan fingerprint density at radius 1 is 0.379 bits per heavy atom. The van der Waals surface area contributed by atoms with E-state index in [0.29, 0.717) is 12.8 Å². The molecule has 3 heterocycles. The number of nitrogens with one attached hydrogen (secondary N) is 1. The summed E-state index contributed by atoms with van der Waals surface area (Å²) in [5, 5.41) is 121. The van der Waals surface area contributed by atoms with E-state index < -0.39 is 124 Å². The Bertz CT molecular complexity index is 1950. The average Bonchev–Trinajstić information content (AvgIpc) is 0.787. The SMILES string of the molecule is CCCCCCC/C=C\C/C=C\C/C=C\CCCCCCCCCCCCCCCCCCC(=O)NC(COC1OC(CO)C(OC2OC(CO)C(OC3OC(CO)C(O)C(O)C3O)C(O)C2O)C(O)C1O)C(O)/C=C/CC/C=C/CCCCCCCCCCCCCCC. The van der Waals surface area contributed by atoms with Crippen molar-refractivity contribution < 1.29 is 89.4 Å².